The lowest BCUT2D eigenvalue weighted by atomic mass is 10.3. The van der Waals surface area contributed by atoms with Crippen LogP contribution in [-0.4, -0.2) is 40.0 Å². The third-order valence-corrected chi connectivity index (χ3v) is 4.95. The predicted molar refractivity (Wildman–Crippen MR) is 85.8 cm³/mol. The lowest BCUT2D eigenvalue weighted by Crippen LogP contribution is -2.26. The van der Waals surface area contributed by atoms with E-state index >= 15 is 0 Å². The number of nitrogens with zero attached hydrogens (tertiary/aromatic N) is 2. The van der Waals surface area contributed by atoms with Crippen LogP contribution in [0.1, 0.15) is 33.1 Å². The van der Waals surface area contributed by atoms with E-state index in [9.17, 15) is 9.59 Å². The van der Waals surface area contributed by atoms with E-state index in [0.29, 0.717) is 10.7 Å². The molecule has 0 saturated carbocycles. The number of amides is 2. The number of rotatable bonds is 3. The quantitative estimate of drug-likeness (QED) is 0.772. The topological polar surface area (TPSA) is 91.2 Å². The Morgan fingerprint density at radius 1 is 1.35 bits per heavy atom. The van der Waals surface area contributed by atoms with E-state index in [2.05, 4.69) is 15.5 Å². The summed E-state index contributed by atoms with van der Waals surface area (Å²) >= 11 is 1.33. The van der Waals surface area contributed by atoms with Crippen molar-refractivity contribution in [1.82, 2.24) is 15.1 Å². The zero-order chi connectivity index (χ0) is 15.8. The Morgan fingerprint density at radius 3 is 2.91 bits per heavy atom. The number of furan rings is 1. The molecule has 1 fully saturated rings. The molecule has 4 heterocycles. The van der Waals surface area contributed by atoms with Gasteiger partial charge in [0.1, 0.15) is 0 Å². The van der Waals surface area contributed by atoms with Crippen LogP contribution in [0, 0.1) is 0 Å². The first-order valence-electron chi connectivity index (χ1n) is 7.34. The van der Waals surface area contributed by atoms with Gasteiger partial charge in [0.05, 0.1) is 21.4 Å². The van der Waals surface area contributed by atoms with Crippen molar-refractivity contribution >= 4 is 39.2 Å². The Bertz CT molecular complexity index is 859. The second kappa shape index (κ2) is 5.54. The van der Waals surface area contributed by atoms with Crippen LogP contribution in [0.4, 0.5) is 5.82 Å². The lowest BCUT2D eigenvalue weighted by Gasteiger charge is -2.13. The molecule has 2 N–H and O–H groups in total. The molecule has 1 aliphatic heterocycles. The number of hydrogen-bond acceptors (Lipinski definition) is 5. The van der Waals surface area contributed by atoms with Crippen molar-refractivity contribution < 1.29 is 14.0 Å². The third-order valence-electron chi connectivity index (χ3n) is 3.82. The average molecular weight is 330 g/mol. The number of likely N-dealkylation sites (tertiary alicyclic amines) is 1. The molecule has 0 atom stereocenters. The highest BCUT2D eigenvalue weighted by atomic mass is 32.1. The summed E-state index contributed by atoms with van der Waals surface area (Å²) in [5, 5.41) is 9.64. The Morgan fingerprint density at radius 2 is 2.17 bits per heavy atom. The average Bonchev–Trinajstić information content (AvgIpc) is 3.32. The number of carbonyl (C=O) groups is 2. The van der Waals surface area contributed by atoms with E-state index in [0.717, 1.165) is 36.1 Å². The molecule has 1 saturated heterocycles. The Labute approximate surface area is 135 Å². The van der Waals surface area contributed by atoms with Crippen molar-refractivity contribution in [2.75, 3.05) is 18.4 Å². The fraction of sp³-hybridized carbons (Fsp3) is 0.267. The van der Waals surface area contributed by atoms with Crippen LogP contribution in [0.3, 0.4) is 0 Å². The number of anilines is 1. The van der Waals surface area contributed by atoms with Crippen LogP contribution < -0.4 is 5.32 Å². The highest BCUT2D eigenvalue weighted by Crippen LogP contribution is 2.31. The molecule has 0 radical (unpaired) electrons. The number of aromatic nitrogens is 2. The summed E-state index contributed by atoms with van der Waals surface area (Å²) in [6, 6.07) is 5.01. The minimum absolute atomic E-state index is 0.0420. The van der Waals surface area contributed by atoms with E-state index in [1.54, 1.807) is 18.2 Å². The SMILES string of the molecule is O=C(Nc1n[nH]c2cc(C(=O)N3CCCC3)sc12)c1ccco1. The van der Waals surface area contributed by atoms with E-state index in [4.69, 9.17) is 4.42 Å². The zero-order valence-electron chi connectivity index (χ0n) is 12.2. The van der Waals surface area contributed by atoms with E-state index in [1.165, 1.54) is 17.6 Å². The fourth-order valence-electron chi connectivity index (χ4n) is 2.66. The number of fused-ring (bicyclic) bond motifs is 1. The number of aromatic amines is 1. The maximum atomic E-state index is 12.4. The number of hydrogen-bond donors (Lipinski definition) is 2. The van der Waals surface area contributed by atoms with Gasteiger partial charge in [-0.2, -0.15) is 5.10 Å². The lowest BCUT2D eigenvalue weighted by molar-refractivity contribution is 0.0797. The van der Waals surface area contributed by atoms with Crippen LogP contribution >= 0.6 is 11.3 Å². The molecule has 0 aromatic carbocycles. The Balaban J connectivity index is 1.59. The number of nitrogens with one attached hydrogen (secondary N) is 2. The molecule has 7 nitrogen and oxygen atoms in total. The van der Waals surface area contributed by atoms with Gasteiger partial charge in [0.25, 0.3) is 11.8 Å². The van der Waals surface area contributed by atoms with Gasteiger partial charge in [-0.3, -0.25) is 14.7 Å². The maximum Gasteiger partial charge on any atom is 0.292 e. The second-order valence-electron chi connectivity index (χ2n) is 5.36. The predicted octanol–water partition coefficient (Wildman–Crippen LogP) is 2.71. The molecule has 1 aliphatic rings. The van der Waals surface area contributed by atoms with Crippen molar-refractivity contribution in [3.63, 3.8) is 0 Å². The minimum atomic E-state index is -0.371. The Hall–Kier alpha value is -2.61. The van der Waals surface area contributed by atoms with Gasteiger partial charge in [0.2, 0.25) is 0 Å². The van der Waals surface area contributed by atoms with Gasteiger partial charge < -0.3 is 14.6 Å². The number of H-pyrrole nitrogens is 1. The first-order chi connectivity index (χ1) is 11.2. The zero-order valence-corrected chi connectivity index (χ0v) is 13.0. The molecule has 118 valence electrons. The molecule has 0 aliphatic carbocycles. The molecule has 0 spiro atoms. The van der Waals surface area contributed by atoms with E-state index in [1.807, 2.05) is 4.90 Å². The smallest absolute Gasteiger partial charge is 0.292 e. The van der Waals surface area contributed by atoms with Crippen molar-refractivity contribution in [1.29, 1.82) is 0 Å². The summed E-state index contributed by atoms with van der Waals surface area (Å²) in [6.07, 6.45) is 3.55. The first kappa shape index (κ1) is 14.0. The highest BCUT2D eigenvalue weighted by Gasteiger charge is 2.23. The van der Waals surface area contributed by atoms with Crippen molar-refractivity contribution in [2.24, 2.45) is 0 Å². The maximum absolute atomic E-state index is 12.4. The van der Waals surface area contributed by atoms with Crippen molar-refractivity contribution in [3.05, 3.63) is 35.1 Å². The van der Waals surface area contributed by atoms with Crippen molar-refractivity contribution in [3.8, 4) is 0 Å². The minimum Gasteiger partial charge on any atom is -0.459 e. The molecule has 4 rings (SSSR count). The molecular weight excluding hydrogens is 316 g/mol. The highest BCUT2D eigenvalue weighted by molar-refractivity contribution is 7.21. The Kier molecular flexibility index (Phi) is 3.38. The molecule has 0 bridgehead atoms. The summed E-state index contributed by atoms with van der Waals surface area (Å²) in [4.78, 5) is 27.0. The summed E-state index contributed by atoms with van der Waals surface area (Å²) in [6.45, 7) is 1.62. The van der Waals surface area contributed by atoms with Gasteiger partial charge in [-0.15, -0.1) is 11.3 Å². The number of thiophene rings is 1. The summed E-state index contributed by atoms with van der Waals surface area (Å²) < 4.78 is 5.82. The van der Waals surface area contributed by atoms with Gasteiger partial charge in [0.15, 0.2) is 11.6 Å². The first-order valence-corrected chi connectivity index (χ1v) is 8.16. The summed E-state index contributed by atoms with van der Waals surface area (Å²) in [5.41, 5.74) is 0.743. The van der Waals surface area contributed by atoms with Crippen LogP contribution in [0.25, 0.3) is 10.2 Å². The van der Waals surface area contributed by atoms with Gasteiger partial charge in [-0.1, -0.05) is 0 Å². The molecular formula is C15H14N4O3S. The molecule has 8 heteroatoms. The molecule has 3 aromatic rings. The van der Waals surface area contributed by atoms with Crippen LogP contribution in [0.5, 0.6) is 0 Å². The van der Waals surface area contributed by atoms with E-state index in [-0.39, 0.29) is 17.6 Å². The summed E-state index contributed by atoms with van der Waals surface area (Å²) in [5.74, 6) is 0.294. The van der Waals surface area contributed by atoms with Crippen molar-refractivity contribution in [2.45, 2.75) is 12.8 Å². The normalized spacial score (nSPS) is 14.5. The molecule has 0 unspecified atom stereocenters. The molecule has 23 heavy (non-hydrogen) atoms. The summed E-state index contributed by atoms with van der Waals surface area (Å²) in [7, 11) is 0. The van der Waals surface area contributed by atoms with Gasteiger partial charge in [0, 0.05) is 13.1 Å². The number of carbonyl (C=O) groups excluding carboxylic acids is 2. The van der Waals surface area contributed by atoms with E-state index < -0.39 is 0 Å². The standard InChI is InChI=1S/C15H14N4O3S/c20-14(10-4-3-7-22-10)16-13-12-9(17-18-13)8-11(23-12)15(21)19-5-1-2-6-19/h3-4,7-8H,1-2,5-6H2,(H2,16,17,18,20). The van der Waals surface area contributed by atoms with Gasteiger partial charge in [-0.05, 0) is 31.0 Å². The van der Waals surface area contributed by atoms with Crippen LogP contribution in [-0.2, 0) is 0 Å². The third kappa shape index (κ3) is 2.50. The largest absolute Gasteiger partial charge is 0.459 e. The van der Waals surface area contributed by atoms with Gasteiger partial charge in [-0.25, -0.2) is 0 Å². The molecule has 2 amide bonds. The fourth-order valence-corrected chi connectivity index (χ4v) is 3.68. The van der Waals surface area contributed by atoms with Crippen LogP contribution in [0.15, 0.2) is 28.9 Å². The second-order valence-corrected chi connectivity index (χ2v) is 6.41. The van der Waals surface area contributed by atoms with Crippen LogP contribution in [0.2, 0.25) is 0 Å². The molecule has 3 aromatic heterocycles. The van der Waals surface area contributed by atoms with Gasteiger partial charge >= 0.3 is 0 Å². The monoisotopic (exact) mass is 330 g/mol.